The lowest BCUT2D eigenvalue weighted by Crippen LogP contribution is -2.40. The normalized spacial score (nSPS) is 13.4. The van der Waals surface area contributed by atoms with Crippen molar-refractivity contribution >= 4 is 35.8 Å². The van der Waals surface area contributed by atoms with Gasteiger partial charge in [-0.05, 0) is 68.7 Å². The molecule has 0 bridgehead atoms. The van der Waals surface area contributed by atoms with Gasteiger partial charge in [0.05, 0.1) is 6.33 Å². The SMILES string of the molecule is CC(C)C[C@H](N)C(=O)OC(=O)[C@@H](N)CCCCN.NC(N)=NCCC[C@H](N)C(=O)Oc1ccc(C[C@H](N)C(=O)O)cc1.N[C@@H](Cc1cnc[nH]1)C(=O)O. The van der Waals surface area contributed by atoms with E-state index in [0.717, 1.165) is 24.1 Å². The van der Waals surface area contributed by atoms with Crippen molar-refractivity contribution in [2.75, 3.05) is 13.1 Å². The number of rotatable bonds is 20. The number of H-pyrrole nitrogens is 1. The van der Waals surface area contributed by atoms with Crippen molar-refractivity contribution in [2.24, 2.45) is 56.8 Å². The summed E-state index contributed by atoms with van der Waals surface area (Å²) in [5.74, 6) is -3.47. The fourth-order valence-corrected chi connectivity index (χ4v) is 4.07. The summed E-state index contributed by atoms with van der Waals surface area (Å²) in [6.07, 6.45) is 6.94. The van der Waals surface area contributed by atoms with Gasteiger partial charge in [-0.2, -0.15) is 0 Å². The summed E-state index contributed by atoms with van der Waals surface area (Å²) >= 11 is 0. The highest BCUT2D eigenvalue weighted by molar-refractivity contribution is 5.90. The summed E-state index contributed by atoms with van der Waals surface area (Å²) in [6, 6.07) is 2.26. The molecule has 0 unspecified atom stereocenters. The van der Waals surface area contributed by atoms with Crippen LogP contribution >= 0.6 is 0 Å². The average Bonchev–Trinajstić information content (AvgIpc) is 3.60. The molecule has 1 aromatic heterocycles. The summed E-state index contributed by atoms with van der Waals surface area (Å²) in [7, 11) is 0. The highest BCUT2D eigenvalue weighted by Crippen LogP contribution is 2.14. The zero-order valence-electron chi connectivity index (χ0n) is 30.3. The molecule has 0 spiro atoms. The van der Waals surface area contributed by atoms with E-state index in [0.29, 0.717) is 44.5 Å². The van der Waals surface area contributed by atoms with Gasteiger partial charge in [-0.3, -0.25) is 14.6 Å². The number of aromatic nitrogens is 2. The second kappa shape index (κ2) is 26.7. The van der Waals surface area contributed by atoms with Crippen LogP contribution in [0.3, 0.4) is 0 Å². The first-order valence-electron chi connectivity index (χ1n) is 16.9. The molecule has 0 radical (unpaired) electrons. The minimum Gasteiger partial charge on any atom is -0.480 e. The first-order valence-corrected chi connectivity index (χ1v) is 16.9. The summed E-state index contributed by atoms with van der Waals surface area (Å²) in [5, 5.41) is 17.2. The lowest BCUT2D eigenvalue weighted by Gasteiger charge is -2.14. The van der Waals surface area contributed by atoms with Gasteiger partial charge in [-0.1, -0.05) is 32.4 Å². The van der Waals surface area contributed by atoms with Gasteiger partial charge >= 0.3 is 29.8 Å². The summed E-state index contributed by atoms with van der Waals surface area (Å²) < 4.78 is 9.81. The van der Waals surface area contributed by atoms with Gasteiger partial charge in [0.15, 0.2) is 5.96 Å². The van der Waals surface area contributed by atoms with Crippen LogP contribution in [0, 0.1) is 5.92 Å². The van der Waals surface area contributed by atoms with E-state index < -0.39 is 60.1 Å². The molecule has 2 rings (SSSR count). The Bertz CT molecular complexity index is 1400. The third-order valence-electron chi connectivity index (χ3n) is 7.00. The van der Waals surface area contributed by atoms with Gasteiger partial charge in [0.25, 0.3) is 0 Å². The number of nitrogens with one attached hydrogen (secondary N) is 1. The van der Waals surface area contributed by atoms with Crippen LogP contribution in [-0.2, 0) is 41.6 Å². The molecule has 20 heteroatoms. The number of unbranched alkanes of at least 4 members (excludes halogenated alkanes) is 1. The maximum absolute atomic E-state index is 11.9. The lowest BCUT2D eigenvalue weighted by atomic mass is 10.0. The molecule has 0 aliphatic rings. The minimum atomic E-state index is -1.07. The Balaban J connectivity index is 0.000000819. The molecule has 298 valence electrons. The third kappa shape index (κ3) is 23.2. The van der Waals surface area contributed by atoms with Crippen LogP contribution in [0.4, 0.5) is 0 Å². The Kier molecular flexibility index (Phi) is 24.2. The molecule has 53 heavy (non-hydrogen) atoms. The second-order valence-corrected chi connectivity index (χ2v) is 12.4. The number of hydrogen-bond acceptors (Lipinski definition) is 15. The number of aromatic amines is 1. The van der Waals surface area contributed by atoms with Crippen molar-refractivity contribution in [2.45, 2.75) is 95.4 Å². The quantitative estimate of drug-likeness (QED) is 0.0177. The fraction of sp³-hybridized carbons (Fsp3) is 0.545. The Morgan fingerprint density at radius 2 is 1.32 bits per heavy atom. The van der Waals surface area contributed by atoms with Crippen LogP contribution in [0.25, 0.3) is 0 Å². The number of aliphatic imine (C=N–C) groups is 1. The zero-order valence-corrected chi connectivity index (χ0v) is 30.3. The monoisotopic (exact) mass is 751 g/mol. The number of aliphatic carboxylic acids is 2. The number of esters is 3. The van der Waals surface area contributed by atoms with E-state index >= 15 is 0 Å². The second-order valence-electron chi connectivity index (χ2n) is 12.4. The van der Waals surface area contributed by atoms with Crippen LogP contribution in [-0.4, -0.2) is 99.3 Å². The van der Waals surface area contributed by atoms with Gasteiger partial charge in [0, 0.05) is 24.9 Å². The number of carboxylic acid groups (broad SMARTS) is 2. The zero-order chi connectivity index (χ0) is 40.5. The molecule has 0 aliphatic carbocycles. The van der Waals surface area contributed by atoms with E-state index in [2.05, 4.69) is 19.7 Å². The summed E-state index contributed by atoms with van der Waals surface area (Å²) in [6.45, 7) is 4.82. The summed E-state index contributed by atoms with van der Waals surface area (Å²) in [4.78, 5) is 66.1. The summed E-state index contributed by atoms with van der Waals surface area (Å²) in [5.41, 5.74) is 44.8. The van der Waals surface area contributed by atoms with E-state index in [1.807, 2.05) is 13.8 Å². The van der Waals surface area contributed by atoms with Gasteiger partial charge in [0.2, 0.25) is 0 Å². The topological polar surface area (TPSA) is 393 Å². The molecule has 1 aromatic carbocycles. The van der Waals surface area contributed by atoms with E-state index in [-0.39, 0.29) is 24.7 Å². The number of guanidine groups is 1. The van der Waals surface area contributed by atoms with Crippen LogP contribution in [0.2, 0.25) is 0 Å². The molecule has 19 N–H and O–H groups in total. The molecule has 0 aliphatic heterocycles. The standard InChI is InChI=1S/C15H23N5O4.C12H25N3O3.C6H9N3O2/c16-11(2-1-7-20-15(18)19)14(23)24-10-5-3-9(4-6-10)8-12(17)13(21)22;1-8(2)7-10(15)12(17)18-11(16)9(14)5-3-4-6-13;7-5(6(10)11)1-4-2-8-3-9-4/h3-6,11-12H,1-2,7-8,16-17H2,(H,21,22)(H4,18,19,20);8-10H,3-7,13-15H2,1-2H3;2-3,5H,1,7H2,(H,8,9)(H,10,11)/t11-,12-;9-,10-;5-/m000/s1. The minimum absolute atomic E-state index is 0.00569. The van der Waals surface area contributed by atoms with Crippen molar-refractivity contribution in [3.63, 3.8) is 0 Å². The Morgan fingerprint density at radius 3 is 1.83 bits per heavy atom. The molecule has 2 aromatic rings. The van der Waals surface area contributed by atoms with Gasteiger partial charge in [-0.25, -0.2) is 19.4 Å². The van der Waals surface area contributed by atoms with E-state index in [4.69, 9.17) is 60.8 Å². The molecule has 5 atom stereocenters. The molecule has 0 fully saturated rings. The fourth-order valence-electron chi connectivity index (χ4n) is 4.07. The Hall–Kier alpha value is -4.99. The van der Waals surface area contributed by atoms with Crippen LogP contribution in [0.1, 0.15) is 63.6 Å². The molecule has 0 saturated carbocycles. The predicted octanol–water partition coefficient (Wildman–Crippen LogP) is -1.82. The van der Waals surface area contributed by atoms with E-state index in [9.17, 15) is 24.0 Å². The number of benzene rings is 1. The number of nitrogens with two attached hydrogens (primary N) is 8. The highest BCUT2D eigenvalue weighted by Gasteiger charge is 2.23. The predicted molar refractivity (Wildman–Crippen MR) is 197 cm³/mol. The number of carbonyl (C=O) groups is 5. The first-order chi connectivity index (χ1) is 24.9. The van der Waals surface area contributed by atoms with Crippen LogP contribution in [0.5, 0.6) is 5.75 Å². The smallest absolute Gasteiger partial charge is 0.330 e. The number of ether oxygens (including phenoxy) is 2. The number of imidazole rings is 1. The first kappa shape index (κ1) is 48.0. The van der Waals surface area contributed by atoms with Crippen LogP contribution < -0.4 is 50.6 Å². The Labute approximate surface area is 308 Å². The number of nitrogens with zero attached hydrogens (tertiary/aromatic N) is 2. The van der Waals surface area contributed by atoms with Crippen molar-refractivity contribution in [1.29, 1.82) is 0 Å². The maximum Gasteiger partial charge on any atom is 0.330 e. The van der Waals surface area contributed by atoms with Crippen molar-refractivity contribution in [3.8, 4) is 5.75 Å². The Morgan fingerprint density at radius 1 is 0.774 bits per heavy atom. The number of hydrogen-bond donors (Lipinski definition) is 11. The lowest BCUT2D eigenvalue weighted by molar-refractivity contribution is -0.162. The molecule has 0 amide bonds. The molecule has 1 heterocycles. The largest absolute Gasteiger partial charge is 0.480 e. The third-order valence-corrected chi connectivity index (χ3v) is 7.00. The van der Waals surface area contributed by atoms with E-state index in [1.54, 1.807) is 30.5 Å². The maximum atomic E-state index is 11.9. The molecular weight excluding hydrogens is 694 g/mol. The van der Waals surface area contributed by atoms with Crippen molar-refractivity contribution in [1.82, 2.24) is 9.97 Å². The van der Waals surface area contributed by atoms with Crippen LogP contribution in [0.15, 0.2) is 41.8 Å². The number of carboxylic acids is 2. The molecular formula is C33H57N11O9. The van der Waals surface area contributed by atoms with E-state index in [1.165, 1.54) is 6.33 Å². The highest BCUT2D eigenvalue weighted by atomic mass is 16.6. The van der Waals surface area contributed by atoms with Crippen molar-refractivity contribution < 1.29 is 43.7 Å². The average molecular weight is 752 g/mol. The van der Waals surface area contributed by atoms with Crippen molar-refractivity contribution in [3.05, 3.63) is 48.0 Å². The van der Waals surface area contributed by atoms with Gasteiger partial charge < -0.3 is 70.5 Å². The number of carbonyl (C=O) groups excluding carboxylic acids is 3. The van der Waals surface area contributed by atoms with Gasteiger partial charge in [-0.15, -0.1) is 0 Å². The molecule has 20 nitrogen and oxygen atoms in total. The molecule has 0 saturated heterocycles. The van der Waals surface area contributed by atoms with Gasteiger partial charge in [0.1, 0.15) is 36.0 Å².